The minimum absolute atomic E-state index is 0.121. The molecule has 0 saturated heterocycles. The van der Waals surface area contributed by atoms with E-state index in [1.165, 1.54) is 21.4 Å². The highest BCUT2D eigenvalue weighted by Crippen LogP contribution is 2.26. The third-order valence-corrected chi connectivity index (χ3v) is 5.15. The van der Waals surface area contributed by atoms with Crippen LogP contribution in [0.2, 0.25) is 0 Å². The van der Waals surface area contributed by atoms with Gasteiger partial charge in [0.1, 0.15) is 0 Å². The molecule has 1 atom stereocenters. The molecule has 0 aliphatic carbocycles. The smallest absolute Gasteiger partial charge is 0.275 e. The number of halogens is 1. The molecule has 0 spiro atoms. The second-order valence-corrected chi connectivity index (χ2v) is 7.47. The molecule has 0 amide bonds. The van der Waals surface area contributed by atoms with Crippen LogP contribution in [0.1, 0.15) is 44.0 Å². The summed E-state index contributed by atoms with van der Waals surface area (Å²) in [5.74, 6) is 0. The maximum Gasteiger partial charge on any atom is 0.275 e. The standard InChI is InChI=1S/C17H19BrN4OS/c1-3-5-13-10-15(23)22-17(19-13)24-16(21-22)20-14(4-2)11-6-8-12(18)9-7-11/h6-10,14H,3-5H2,1-2H3,(H,20,21). The summed E-state index contributed by atoms with van der Waals surface area (Å²) >= 11 is 4.87. The first-order valence-electron chi connectivity index (χ1n) is 8.02. The van der Waals surface area contributed by atoms with Crippen LogP contribution in [0.25, 0.3) is 4.96 Å². The van der Waals surface area contributed by atoms with Gasteiger partial charge in [0.2, 0.25) is 10.1 Å². The lowest BCUT2D eigenvalue weighted by Gasteiger charge is -2.16. The summed E-state index contributed by atoms with van der Waals surface area (Å²) in [5, 5.41) is 8.52. The summed E-state index contributed by atoms with van der Waals surface area (Å²) in [6, 6.07) is 9.95. The lowest BCUT2D eigenvalue weighted by atomic mass is 10.1. The predicted molar refractivity (Wildman–Crippen MR) is 102 cm³/mol. The largest absolute Gasteiger partial charge is 0.353 e. The minimum Gasteiger partial charge on any atom is -0.353 e. The first-order chi connectivity index (χ1) is 11.6. The number of nitrogens with one attached hydrogen (secondary N) is 1. The molecule has 2 heterocycles. The van der Waals surface area contributed by atoms with E-state index in [9.17, 15) is 4.79 Å². The molecule has 0 aliphatic rings. The van der Waals surface area contributed by atoms with Crippen molar-refractivity contribution in [2.75, 3.05) is 5.32 Å². The molecule has 0 bridgehead atoms. The Morgan fingerprint density at radius 3 is 2.71 bits per heavy atom. The van der Waals surface area contributed by atoms with Gasteiger partial charge in [0.15, 0.2) is 0 Å². The Morgan fingerprint density at radius 1 is 1.29 bits per heavy atom. The summed E-state index contributed by atoms with van der Waals surface area (Å²) < 4.78 is 2.43. The first kappa shape index (κ1) is 17.1. The zero-order valence-corrected chi connectivity index (χ0v) is 16.0. The summed E-state index contributed by atoms with van der Waals surface area (Å²) in [6.07, 6.45) is 2.69. The lowest BCUT2D eigenvalue weighted by molar-refractivity contribution is 0.741. The summed E-state index contributed by atoms with van der Waals surface area (Å²) in [7, 11) is 0. The van der Waals surface area contributed by atoms with Crippen molar-refractivity contribution in [2.24, 2.45) is 0 Å². The Morgan fingerprint density at radius 2 is 2.04 bits per heavy atom. The fourth-order valence-electron chi connectivity index (χ4n) is 2.56. The van der Waals surface area contributed by atoms with Gasteiger partial charge in [-0.25, -0.2) is 4.98 Å². The van der Waals surface area contributed by atoms with E-state index in [0.717, 1.165) is 29.4 Å². The molecule has 1 N–H and O–H groups in total. The number of hydrogen-bond acceptors (Lipinski definition) is 5. The lowest BCUT2D eigenvalue weighted by Crippen LogP contribution is -2.16. The zero-order valence-electron chi connectivity index (χ0n) is 13.6. The number of aromatic nitrogens is 3. The normalized spacial score (nSPS) is 12.5. The highest BCUT2D eigenvalue weighted by molar-refractivity contribution is 9.10. The molecule has 1 unspecified atom stereocenters. The highest BCUT2D eigenvalue weighted by atomic mass is 79.9. The van der Waals surface area contributed by atoms with Gasteiger partial charge >= 0.3 is 0 Å². The number of benzene rings is 1. The number of hydrogen-bond donors (Lipinski definition) is 1. The van der Waals surface area contributed by atoms with Gasteiger partial charge in [0.25, 0.3) is 5.56 Å². The Bertz CT molecular complexity index is 888. The van der Waals surface area contributed by atoms with E-state index >= 15 is 0 Å². The maximum absolute atomic E-state index is 12.2. The third-order valence-electron chi connectivity index (χ3n) is 3.78. The average molecular weight is 407 g/mol. The quantitative estimate of drug-likeness (QED) is 0.657. The SMILES string of the molecule is CCCc1cc(=O)n2nc(NC(CC)c3ccc(Br)cc3)sc2n1. The summed E-state index contributed by atoms with van der Waals surface area (Å²) in [4.78, 5) is 17.4. The van der Waals surface area contributed by atoms with Crippen LogP contribution in [0, 0.1) is 0 Å². The second-order valence-electron chi connectivity index (χ2n) is 5.59. The predicted octanol–water partition coefficient (Wildman–Crippen LogP) is 4.43. The van der Waals surface area contributed by atoms with Crippen LogP contribution in [-0.2, 0) is 6.42 Å². The van der Waals surface area contributed by atoms with E-state index in [-0.39, 0.29) is 11.6 Å². The fourth-order valence-corrected chi connectivity index (χ4v) is 3.71. The fraction of sp³-hybridized carbons (Fsp3) is 0.353. The van der Waals surface area contributed by atoms with Gasteiger partial charge in [-0.3, -0.25) is 4.79 Å². The molecule has 0 fully saturated rings. The van der Waals surface area contributed by atoms with Crippen molar-refractivity contribution in [1.29, 1.82) is 0 Å². The van der Waals surface area contributed by atoms with Gasteiger partial charge in [-0.1, -0.05) is 59.7 Å². The van der Waals surface area contributed by atoms with Crippen molar-refractivity contribution in [2.45, 2.75) is 39.2 Å². The van der Waals surface area contributed by atoms with E-state index < -0.39 is 0 Å². The average Bonchev–Trinajstić information content (AvgIpc) is 2.97. The van der Waals surface area contributed by atoms with Crippen molar-refractivity contribution in [3.8, 4) is 0 Å². The number of nitrogens with zero attached hydrogens (tertiary/aromatic N) is 3. The molecule has 2 aromatic heterocycles. The molecule has 126 valence electrons. The van der Waals surface area contributed by atoms with Gasteiger partial charge in [-0.05, 0) is 30.5 Å². The van der Waals surface area contributed by atoms with E-state index in [2.05, 4.69) is 57.3 Å². The van der Waals surface area contributed by atoms with Crippen LogP contribution in [0.4, 0.5) is 5.13 Å². The van der Waals surface area contributed by atoms with Gasteiger partial charge < -0.3 is 5.32 Å². The van der Waals surface area contributed by atoms with Gasteiger partial charge in [0, 0.05) is 16.2 Å². The molecule has 7 heteroatoms. The topological polar surface area (TPSA) is 59.3 Å². The monoisotopic (exact) mass is 406 g/mol. The maximum atomic E-state index is 12.2. The second kappa shape index (κ2) is 7.44. The molecule has 1 aromatic carbocycles. The molecule has 5 nitrogen and oxygen atoms in total. The first-order valence-corrected chi connectivity index (χ1v) is 9.63. The Hall–Kier alpha value is -1.73. The Labute approximate surface area is 152 Å². The van der Waals surface area contributed by atoms with E-state index in [4.69, 9.17) is 0 Å². The Balaban J connectivity index is 1.89. The van der Waals surface area contributed by atoms with Crippen molar-refractivity contribution in [3.05, 3.63) is 56.4 Å². The summed E-state index contributed by atoms with van der Waals surface area (Å²) in [6.45, 7) is 4.20. The molecule has 3 rings (SSSR count). The molecule has 0 aliphatic heterocycles. The molecule has 0 saturated carbocycles. The molecule has 0 radical (unpaired) electrons. The third kappa shape index (κ3) is 3.67. The number of rotatable bonds is 6. The molecular formula is C17H19BrN4OS. The molecule has 24 heavy (non-hydrogen) atoms. The van der Waals surface area contributed by atoms with Crippen LogP contribution >= 0.6 is 27.3 Å². The van der Waals surface area contributed by atoms with Crippen molar-refractivity contribution >= 4 is 37.4 Å². The molecule has 3 aromatic rings. The van der Waals surface area contributed by atoms with Crippen molar-refractivity contribution in [1.82, 2.24) is 14.6 Å². The van der Waals surface area contributed by atoms with E-state index in [1.807, 2.05) is 12.1 Å². The number of fused-ring (bicyclic) bond motifs is 1. The van der Waals surface area contributed by atoms with Gasteiger partial charge in [-0.2, -0.15) is 4.52 Å². The van der Waals surface area contributed by atoms with E-state index in [1.54, 1.807) is 6.07 Å². The zero-order chi connectivity index (χ0) is 17.1. The van der Waals surface area contributed by atoms with Crippen LogP contribution in [0.5, 0.6) is 0 Å². The van der Waals surface area contributed by atoms with Gasteiger partial charge in [-0.15, -0.1) is 5.10 Å². The van der Waals surface area contributed by atoms with Crippen LogP contribution < -0.4 is 10.9 Å². The minimum atomic E-state index is -0.121. The Kier molecular flexibility index (Phi) is 5.30. The van der Waals surface area contributed by atoms with E-state index in [0.29, 0.717) is 10.1 Å². The summed E-state index contributed by atoms with van der Waals surface area (Å²) in [5.41, 5.74) is 1.90. The number of anilines is 1. The van der Waals surface area contributed by atoms with Crippen LogP contribution in [0.15, 0.2) is 39.6 Å². The van der Waals surface area contributed by atoms with Crippen molar-refractivity contribution in [3.63, 3.8) is 0 Å². The number of aryl methyl sites for hydroxylation is 1. The van der Waals surface area contributed by atoms with Crippen molar-refractivity contribution < 1.29 is 0 Å². The van der Waals surface area contributed by atoms with Gasteiger partial charge in [0.05, 0.1) is 6.04 Å². The van der Waals surface area contributed by atoms with Crippen LogP contribution in [0.3, 0.4) is 0 Å². The van der Waals surface area contributed by atoms with Crippen LogP contribution in [-0.4, -0.2) is 14.6 Å². The molecular weight excluding hydrogens is 388 g/mol. The highest BCUT2D eigenvalue weighted by Gasteiger charge is 2.14.